The van der Waals surface area contributed by atoms with Crippen LogP contribution in [0.15, 0.2) is 24.8 Å². The lowest BCUT2D eigenvalue weighted by Gasteiger charge is -2.10. The predicted molar refractivity (Wildman–Crippen MR) is 56.5 cm³/mol. The molecule has 0 fully saturated rings. The van der Waals surface area contributed by atoms with Gasteiger partial charge in [-0.3, -0.25) is 0 Å². The van der Waals surface area contributed by atoms with Crippen molar-refractivity contribution < 1.29 is 9.53 Å². The second-order valence-corrected chi connectivity index (χ2v) is 3.28. The normalized spacial score (nSPS) is 9.64. The molecule has 1 rings (SSSR count). The second kappa shape index (κ2) is 4.09. The summed E-state index contributed by atoms with van der Waals surface area (Å²) < 4.78 is 5.15. The van der Waals surface area contributed by atoms with Crippen LogP contribution in [-0.4, -0.2) is 5.97 Å². The first kappa shape index (κ1) is 10.5. The molecule has 0 aliphatic carbocycles. The lowest BCUT2D eigenvalue weighted by Crippen LogP contribution is -2.06. The van der Waals surface area contributed by atoms with Gasteiger partial charge in [0.25, 0.3) is 0 Å². The monoisotopic (exact) mass is 190 g/mol. The molecule has 0 heterocycles. The van der Waals surface area contributed by atoms with Crippen LogP contribution >= 0.6 is 0 Å². The van der Waals surface area contributed by atoms with Crippen molar-refractivity contribution in [2.45, 2.75) is 20.8 Å². The minimum atomic E-state index is -0.415. The number of rotatable bonds is 2. The molecule has 0 aromatic heterocycles. The first-order valence-electron chi connectivity index (χ1n) is 4.47. The van der Waals surface area contributed by atoms with Crippen molar-refractivity contribution in [1.82, 2.24) is 0 Å². The van der Waals surface area contributed by atoms with E-state index in [0.717, 1.165) is 16.7 Å². The summed E-state index contributed by atoms with van der Waals surface area (Å²) in [4.78, 5) is 11.1. The van der Waals surface area contributed by atoms with Crippen LogP contribution in [-0.2, 0) is 4.79 Å². The third-order valence-corrected chi connectivity index (χ3v) is 2.24. The van der Waals surface area contributed by atoms with Crippen molar-refractivity contribution in [2.75, 3.05) is 0 Å². The first-order valence-corrected chi connectivity index (χ1v) is 4.47. The average molecular weight is 190 g/mol. The molecular formula is C12H14O2. The molecule has 74 valence electrons. The van der Waals surface area contributed by atoms with E-state index in [-0.39, 0.29) is 0 Å². The molecule has 0 N–H and O–H groups in total. The number of carbonyl (C=O) groups excluding carboxylic acids is 1. The van der Waals surface area contributed by atoms with Gasteiger partial charge < -0.3 is 4.74 Å². The molecule has 1 aromatic carbocycles. The van der Waals surface area contributed by atoms with Crippen molar-refractivity contribution >= 4 is 5.97 Å². The van der Waals surface area contributed by atoms with Crippen molar-refractivity contribution in [3.63, 3.8) is 0 Å². The van der Waals surface area contributed by atoms with Crippen LogP contribution < -0.4 is 4.74 Å². The molecule has 0 unspecified atom stereocenters. The Kier molecular flexibility index (Phi) is 3.07. The Labute approximate surface area is 84.2 Å². The highest BCUT2D eigenvalue weighted by molar-refractivity contribution is 5.83. The molecule has 0 amide bonds. The summed E-state index contributed by atoms with van der Waals surface area (Å²) in [5.41, 5.74) is 3.07. The van der Waals surface area contributed by atoms with Crippen LogP contribution in [0.5, 0.6) is 5.75 Å². The summed E-state index contributed by atoms with van der Waals surface area (Å²) >= 11 is 0. The Hall–Kier alpha value is -1.57. The number of ether oxygens (including phenoxy) is 1. The van der Waals surface area contributed by atoms with Crippen molar-refractivity contribution in [1.29, 1.82) is 0 Å². The van der Waals surface area contributed by atoms with Gasteiger partial charge in [-0.2, -0.15) is 0 Å². The Morgan fingerprint density at radius 3 is 2.43 bits per heavy atom. The molecule has 2 heteroatoms. The smallest absolute Gasteiger partial charge is 0.335 e. The fourth-order valence-corrected chi connectivity index (χ4v) is 1.22. The SMILES string of the molecule is C=CC(=O)Oc1c(C)ccc(C)c1C. The van der Waals surface area contributed by atoms with Gasteiger partial charge in [0, 0.05) is 6.08 Å². The van der Waals surface area contributed by atoms with Crippen LogP contribution in [0.2, 0.25) is 0 Å². The highest BCUT2D eigenvalue weighted by Gasteiger charge is 2.08. The van der Waals surface area contributed by atoms with E-state index in [2.05, 4.69) is 6.58 Å². The summed E-state index contributed by atoms with van der Waals surface area (Å²) in [7, 11) is 0. The maximum absolute atomic E-state index is 11.1. The number of benzene rings is 1. The maximum atomic E-state index is 11.1. The molecule has 14 heavy (non-hydrogen) atoms. The van der Waals surface area contributed by atoms with E-state index in [4.69, 9.17) is 4.74 Å². The first-order chi connectivity index (χ1) is 6.56. The van der Waals surface area contributed by atoms with Crippen LogP contribution in [0.25, 0.3) is 0 Å². The van der Waals surface area contributed by atoms with Crippen molar-refractivity contribution in [3.05, 3.63) is 41.5 Å². The lowest BCUT2D eigenvalue weighted by molar-refractivity contribution is -0.129. The standard InChI is InChI=1S/C12H14O2/c1-5-11(13)14-12-9(3)7-6-8(2)10(12)4/h5-7H,1H2,2-4H3. The fourth-order valence-electron chi connectivity index (χ4n) is 1.22. The molecule has 1 aromatic rings. The van der Waals surface area contributed by atoms with Gasteiger partial charge in [-0.25, -0.2) is 4.79 Å². The van der Waals surface area contributed by atoms with E-state index < -0.39 is 5.97 Å². The maximum Gasteiger partial charge on any atom is 0.335 e. The lowest BCUT2D eigenvalue weighted by atomic mass is 10.1. The van der Waals surface area contributed by atoms with Gasteiger partial charge in [0.1, 0.15) is 5.75 Å². The van der Waals surface area contributed by atoms with Crippen LogP contribution in [0.4, 0.5) is 0 Å². The van der Waals surface area contributed by atoms with E-state index >= 15 is 0 Å². The fraction of sp³-hybridized carbons (Fsp3) is 0.250. The average Bonchev–Trinajstić information content (AvgIpc) is 2.18. The molecule has 0 atom stereocenters. The minimum Gasteiger partial charge on any atom is -0.423 e. The van der Waals surface area contributed by atoms with Gasteiger partial charge in [0.2, 0.25) is 0 Å². The van der Waals surface area contributed by atoms with E-state index in [9.17, 15) is 4.79 Å². The van der Waals surface area contributed by atoms with E-state index in [1.165, 1.54) is 6.08 Å². The van der Waals surface area contributed by atoms with Crippen molar-refractivity contribution in [3.8, 4) is 5.75 Å². The zero-order chi connectivity index (χ0) is 10.7. The van der Waals surface area contributed by atoms with Crippen LogP contribution in [0, 0.1) is 20.8 Å². The third-order valence-electron chi connectivity index (χ3n) is 2.24. The number of aryl methyl sites for hydroxylation is 2. The molecule has 0 aliphatic rings. The summed E-state index contributed by atoms with van der Waals surface area (Å²) in [6.07, 6.45) is 1.17. The zero-order valence-electron chi connectivity index (χ0n) is 8.76. The largest absolute Gasteiger partial charge is 0.423 e. The van der Waals surface area contributed by atoms with E-state index in [1.54, 1.807) is 0 Å². The highest BCUT2D eigenvalue weighted by Crippen LogP contribution is 2.25. The quantitative estimate of drug-likeness (QED) is 0.407. The Bertz CT molecular complexity index is 378. The van der Waals surface area contributed by atoms with E-state index in [1.807, 2.05) is 32.9 Å². The summed E-state index contributed by atoms with van der Waals surface area (Å²) in [5.74, 6) is 0.233. The Balaban J connectivity index is 3.12. The number of hydrogen-bond donors (Lipinski definition) is 0. The van der Waals surface area contributed by atoms with Crippen molar-refractivity contribution in [2.24, 2.45) is 0 Å². The van der Waals surface area contributed by atoms with Gasteiger partial charge in [-0.1, -0.05) is 18.7 Å². The topological polar surface area (TPSA) is 26.3 Å². The second-order valence-electron chi connectivity index (χ2n) is 3.28. The summed E-state index contributed by atoms with van der Waals surface area (Å²) in [6.45, 7) is 9.20. The van der Waals surface area contributed by atoms with Crippen LogP contribution in [0.3, 0.4) is 0 Å². The molecule has 0 aliphatic heterocycles. The van der Waals surface area contributed by atoms with Gasteiger partial charge in [0.15, 0.2) is 0 Å². The highest BCUT2D eigenvalue weighted by atomic mass is 16.5. The Morgan fingerprint density at radius 2 is 1.86 bits per heavy atom. The summed E-state index contributed by atoms with van der Waals surface area (Å²) in [5, 5.41) is 0. The van der Waals surface area contributed by atoms with Gasteiger partial charge >= 0.3 is 5.97 Å². The van der Waals surface area contributed by atoms with E-state index in [0.29, 0.717) is 5.75 Å². The zero-order valence-corrected chi connectivity index (χ0v) is 8.76. The Morgan fingerprint density at radius 1 is 1.29 bits per heavy atom. The van der Waals surface area contributed by atoms with Gasteiger partial charge in [0.05, 0.1) is 0 Å². The number of esters is 1. The molecule has 0 saturated heterocycles. The molecular weight excluding hydrogens is 176 g/mol. The molecule has 0 bridgehead atoms. The van der Waals surface area contributed by atoms with Crippen LogP contribution in [0.1, 0.15) is 16.7 Å². The predicted octanol–water partition coefficient (Wildman–Crippen LogP) is 2.70. The third kappa shape index (κ3) is 2.02. The van der Waals surface area contributed by atoms with Gasteiger partial charge in [-0.05, 0) is 37.5 Å². The molecule has 0 radical (unpaired) electrons. The minimum absolute atomic E-state index is 0.415. The molecule has 0 spiro atoms. The molecule has 2 nitrogen and oxygen atoms in total. The number of carbonyl (C=O) groups is 1. The summed E-state index contributed by atoms with van der Waals surface area (Å²) in [6, 6.07) is 3.95. The van der Waals surface area contributed by atoms with Gasteiger partial charge in [-0.15, -0.1) is 0 Å². The number of hydrogen-bond acceptors (Lipinski definition) is 2. The molecule has 0 saturated carbocycles.